The van der Waals surface area contributed by atoms with Gasteiger partial charge in [0.2, 0.25) is 0 Å². The molecule has 2 heterocycles. The van der Waals surface area contributed by atoms with Crippen molar-refractivity contribution >= 4 is 11.6 Å². The monoisotopic (exact) mass is 478 g/mol. The van der Waals surface area contributed by atoms with E-state index in [1.54, 1.807) is 30.3 Å². The van der Waals surface area contributed by atoms with Crippen LogP contribution in [0.2, 0.25) is 0 Å². The molecule has 0 saturated heterocycles. The molecule has 6 rings (SSSR count). The number of hydrogen-bond acceptors (Lipinski definition) is 6. The molecule has 3 saturated carbocycles. The molecule has 1 aliphatic heterocycles. The quantitative estimate of drug-likeness (QED) is 0.531. The molecule has 3 fully saturated rings. The van der Waals surface area contributed by atoms with Crippen LogP contribution < -0.4 is 19.1 Å². The highest BCUT2D eigenvalue weighted by molar-refractivity contribution is 6.08. The zero-order chi connectivity index (χ0) is 24.0. The number of nitrogens with zero attached hydrogens (tertiary/aromatic N) is 2. The summed E-state index contributed by atoms with van der Waals surface area (Å²) in [5.41, 5.74) is 2.17. The van der Waals surface area contributed by atoms with Crippen molar-refractivity contribution < 1.29 is 24.1 Å². The van der Waals surface area contributed by atoms with Crippen LogP contribution in [0.1, 0.15) is 67.4 Å². The van der Waals surface area contributed by atoms with Gasteiger partial charge in [-0.3, -0.25) is 14.7 Å². The molecule has 0 bridgehead atoms. The van der Waals surface area contributed by atoms with E-state index in [1.165, 1.54) is 32.1 Å². The third-order valence-electron chi connectivity index (χ3n) is 8.52. The van der Waals surface area contributed by atoms with E-state index in [2.05, 4.69) is 4.98 Å². The van der Waals surface area contributed by atoms with Crippen molar-refractivity contribution in [2.75, 3.05) is 25.3 Å². The van der Waals surface area contributed by atoms with Crippen molar-refractivity contribution in [3.05, 3.63) is 41.7 Å². The Morgan fingerprint density at radius 2 is 2.03 bits per heavy atom. The van der Waals surface area contributed by atoms with Gasteiger partial charge in [0.25, 0.3) is 5.91 Å². The van der Waals surface area contributed by atoms with Gasteiger partial charge >= 0.3 is 0 Å². The Balaban J connectivity index is 1.13. The first-order valence-corrected chi connectivity index (χ1v) is 13.0. The molecular formula is C28H34N2O5. The Bertz CT molecular complexity index is 1110. The molecule has 7 nitrogen and oxygen atoms in total. The lowest BCUT2D eigenvalue weighted by molar-refractivity contribution is -0.00555. The molecule has 1 aromatic heterocycles. The fourth-order valence-electron chi connectivity index (χ4n) is 5.60. The molecule has 0 unspecified atom stereocenters. The predicted octanol–water partition coefficient (Wildman–Crippen LogP) is 4.75. The second kappa shape index (κ2) is 9.01. The SMILES string of the molecule is COc1cc(N2COc3cc(CCC4CC4)ncc3C2=O)ccc1OC[C@H](O)C1(C2CCC2)CC1. The van der Waals surface area contributed by atoms with Gasteiger partial charge in [0.15, 0.2) is 18.2 Å². The largest absolute Gasteiger partial charge is 0.493 e. The third-order valence-corrected chi connectivity index (χ3v) is 8.52. The summed E-state index contributed by atoms with van der Waals surface area (Å²) in [6.07, 6.45) is 11.8. The fourth-order valence-corrected chi connectivity index (χ4v) is 5.60. The summed E-state index contributed by atoms with van der Waals surface area (Å²) in [7, 11) is 1.58. The van der Waals surface area contributed by atoms with E-state index in [0.29, 0.717) is 34.4 Å². The highest BCUT2D eigenvalue weighted by atomic mass is 16.5. The standard InChI is InChI=1S/C28H34N2O5/c1-33-25-14-21(9-10-23(25)34-16-26(31)28(11-12-28)19-3-2-4-19)30-17-35-24-13-20(8-7-18-5-6-18)29-15-22(24)27(30)32/h9-10,13-15,18-19,26,31H,2-8,11-12,16-17H2,1H3/t26-/m0/s1. The third kappa shape index (κ3) is 4.35. The van der Waals surface area contributed by atoms with Crippen molar-refractivity contribution in [3.63, 3.8) is 0 Å². The Morgan fingerprint density at radius 1 is 1.20 bits per heavy atom. The lowest BCUT2D eigenvalue weighted by atomic mass is 9.71. The van der Waals surface area contributed by atoms with Crippen LogP contribution in [0.5, 0.6) is 17.2 Å². The molecule has 1 amide bonds. The van der Waals surface area contributed by atoms with Crippen LogP contribution in [-0.4, -0.2) is 42.5 Å². The van der Waals surface area contributed by atoms with Crippen molar-refractivity contribution in [2.24, 2.45) is 17.3 Å². The Hall–Kier alpha value is -2.80. The first-order chi connectivity index (χ1) is 17.1. The smallest absolute Gasteiger partial charge is 0.266 e. The second-order valence-corrected chi connectivity index (χ2v) is 10.7. The average Bonchev–Trinajstić information content (AvgIpc) is 3.76. The number of benzene rings is 1. The minimum Gasteiger partial charge on any atom is -0.493 e. The number of fused-ring (bicyclic) bond motifs is 1. The van der Waals surface area contributed by atoms with Crippen molar-refractivity contribution in [3.8, 4) is 17.2 Å². The van der Waals surface area contributed by atoms with Crippen LogP contribution in [0.15, 0.2) is 30.5 Å². The summed E-state index contributed by atoms with van der Waals surface area (Å²) >= 11 is 0. The summed E-state index contributed by atoms with van der Waals surface area (Å²) < 4.78 is 17.5. The zero-order valence-electron chi connectivity index (χ0n) is 20.4. The number of ether oxygens (including phenoxy) is 3. The fraction of sp³-hybridized carbons (Fsp3) is 0.571. The number of carbonyl (C=O) groups is 1. The average molecular weight is 479 g/mol. The van der Waals surface area contributed by atoms with Gasteiger partial charge in [-0.1, -0.05) is 19.3 Å². The first kappa shape index (κ1) is 22.7. The lowest BCUT2D eigenvalue weighted by Crippen LogP contribution is -2.39. The van der Waals surface area contributed by atoms with E-state index in [0.717, 1.165) is 37.3 Å². The number of hydrogen-bond donors (Lipinski definition) is 1. The molecule has 1 N–H and O–H groups in total. The molecule has 7 heteroatoms. The highest BCUT2D eigenvalue weighted by Crippen LogP contribution is 2.60. The number of aliphatic hydroxyl groups is 1. The summed E-state index contributed by atoms with van der Waals surface area (Å²) in [6, 6.07) is 7.31. The van der Waals surface area contributed by atoms with Gasteiger partial charge in [0, 0.05) is 29.4 Å². The van der Waals surface area contributed by atoms with Gasteiger partial charge in [-0.25, -0.2) is 0 Å². The van der Waals surface area contributed by atoms with Gasteiger partial charge in [0.1, 0.15) is 17.9 Å². The van der Waals surface area contributed by atoms with Gasteiger partial charge in [0.05, 0.1) is 18.9 Å². The molecule has 35 heavy (non-hydrogen) atoms. The number of anilines is 1. The molecule has 4 aliphatic rings. The molecule has 186 valence electrons. The molecular weight excluding hydrogens is 444 g/mol. The summed E-state index contributed by atoms with van der Waals surface area (Å²) in [5.74, 6) is 3.03. The highest BCUT2D eigenvalue weighted by Gasteiger charge is 2.55. The van der Waals surface area contributed by atoms with E-state index in [4.69, 9.17) is 14.2 Å². The van der Waals surface area contributed by atoms with E-state index in [1.807, 2.05) is 12.1 Å². The van der Waals surface area contributed by atoms with Crippen molar-refractivity contribution in [1.82, 2.24) is 4.98 Å². The number of rotatable bonds is 10. The van der Waals surface area contributed by atoms with Gasteiger partial charge < -0.3 is 19.3 Å². The normalized spacial score (nSPS) is 21.5. The molecule has 1 atom stereocenters. The predicted molar refractivity (Wildman–Crippen MR) is 131 cm³/mol. The van der Waals surface area contributed by atoms with Gasteiger partial charge in [-0.15, -0.1) is 0 Å². The van der Waals surface area contributed by atoms with Crippen LogP contribution in [0, 0.1) is 17.3 Å². The molecule has 0 spiro atoms. The van der Waals surface area contributed by atoms with Crippen LogP contribution in [0.25, 0.3) is 0 Å². The molecule has 3 aliphatic carbocycles. The maximum Gasteiger partial charge on any atom is 0.266 e. The maximum absolute atomic E-state index is 13.2. The van der Waals surface area contributed by atoms with Crippen molar-refractivity contribution in [2.45, 2.75) is 63.9 Å². The number of aryl methyl sites for hydroxylation is 1. The molecule has 0 radical (unpaired) electrons. The number of aromatic nitrogens is 1. The van der Waals surface area contributed by atoms with E-state index < -0.39 is 6.10 Å². The topological polar surface area (TPSA) is 81.1 Å². The summed E-state index contributed by atoms with van der Waals surface area (Å²) in [5, 5.41) is 10.8. The number of pyridine rings is 1. The van der Waals surface area contributed by atoms with E-state index in [-0.39, 0.29) is 24.7 Å². The van der Waals surface area contributed by atoms with Crippen LogP contribution in [-0.2, 0) is 6.42 Å². The number of carbonyl (C=O) groups excluding carboxylic acids is 1. The summed E-state index contributed by atoms with van der Waals surface area (Å²) in [6.45, 7) is 0.379. The lowest BCUT2D eigenvalue weighted by Gasteiger charge is -2.37. The second-order valence-electron chi connectivity index (χ2n) is 10.7. The Labute approximate surface area is 206 Å². The number of aliphatic hydroxyl groups excluding tert-OH is 1. The zero-order valence-corrected chi connectivity index (χ0v) is 20.4. The van der Waals surface area contributed by atoms with Crippen LogP contribution in [0.3, 0.4) is 0 Å². The Morgan fingerprint density at radius 3 is 2.71 bits per heavy atom. The van der Waals surface area contributed by atoms with Crippen LogP contribution >= 0.6 is 0 Å². The number of methoxy groups -OCH3 is 1. The first-order valence-electron chi connectivity index (χ1n) is 13.0. The van der Waals surface area contributed by atoms with Crippen molar-refractivity contribution in [1.29, 1.82) is 0 Å². The minimum absolute atomic E-state index is 0.0577. The number of amides is 1. The van der Waals surface area contributed by atoms with E-state index >= 15 is 0 Å². The maximum atomic E-state index is 13.2. The van der Waals surface area contributed by atoms with Crippen LogP contribution in [0.4, 0.5) is 5.69 Å². The van der Waals surface area contributed by atoms with Gasteiger partial charge in [-0.05, 0) is 62.5 Å². The summed E-state index contributed by atoms with van der Waals surface area (Å²) in [4.78, 5) is 19.3. The molecule has 2 aromatic rings. The Kier molecular flexibility index (Phi) is 5.83. The molecule has 1 aromatic carbocycles. The van der Waals surface area contributed by atoms with E-state index in [9.17, 15) is 9.90 Å². The minimum atomic E-state index is -0.465. The van der Waals surface area contributed by atoms with Gasteiger partial charge in [-0.2, -0.15) is 0 Å².